The molecule has 1 aliphatic rings. The number of likely N-dealkylation sites (tertiary alicyclic amines) is 1. The number of ether oxygens (including phenoxy) is 2. The Morgan fingerprint density at radius 1 is 1.19 bits per heavy atom. The number of nitrogens with zero attached hydrogens (tertiary/aromatic N) is 1. The average Bonchev–Trinajstić information content (AvgIpc) is 3.17. The number of nitrogens with one attached hydrogen (secondary N) is 1. The highest BCUT2D eigenvalue weighted by atomic mass is 16.6. The van der Waals surface area contributed by atoms with Gasteiger partial charge in [0.25, 0.3) is 0 Å². The fourth-order valence-electron chi connectivity index (χ4n) is 3.20. The van der Waals surface area contributed by atoms with Gasteiger partial charge in [-0.15, -0.1) is 0 Å². The highest BCUT2D eigenvalue weighted by Crippen LogP contribution is 2.27. The van der Waals surface area contributed by atoms with Gasteiger partial charge < -0.3 is 14.8 Å². The summed E-state index contributed by atoms with van der Waals surface area (Å²) in [4.78, 5) is 26.7. The van der Waals surface area contributed by atoms with Gasteiger partial charge in [-0.3, -0.25) is 9.69 Å². The first-order chi connectivity index (χ1) is 13.1. The lowest BCUT2D eigenvalue weighted by molar-refractivity contribution is -0.120. The van der Waals surface area contributed by atoms with Crippen LogP contribution in [0.3, 0.4) is 0 Å². The molecule has 0 aliphatic carbocycles. The second kappa shape index (κ2) is 8.58. The Labute approximate surface area is 159 Å². The molecule has 1 aliphatic heterocycles. The smallest absolute Gasteiger partial charge is 0.410 e. The lowest BCUT2D eigenvalue weighted by Gasteiger charge is -2.23. The van der Waals surface area contributed by atoms with Crippen molar-refractivity contribution in [1.82, 2.24) is 4.90 Å². The molecule has 2 aromatic rings. The molecular weight excluding hydrogens is 344 g/mol. The van der Waals surface area contributed by atoms with Gasteiger partial charge in [-0.1, -0.05) is 36.4 Å². The number of methoxy groups -OCH3 is 1. The minimum absolute atomic E-state index is 0.191. The normalized spacial score (nSPS) is 16.1. The molecule has 0 aromatic heterocycles. The molecule has 0 unspecified atom stereocenters. The molecule has 0 bridgehead atoms. The summed E-state index contributed by atoms with van der Waals surface area (Å²) in [7, 11) is 1.56. The Balaban J connectivity index is 1.64. The highest BCUT2D eigenvalue weighted by Gasteiger charge is 2.35. The molecule has 0 saturated carbocycles. The van der Waals surface area contributed by atoms with Crippen LogP contribution in [-0.4, -0.2) is 36.6 Å². The molecule has 2 amide bonds. The zero-order valence-electron chi connectivity index (χ0n) is 15.6. The van der Waals surface area contributed by atoms with Crippen molar-refractivity contribution in [2.45, 2.75) is 32.4 Å². The summed E-state index contributed by atoms with van der Waals surface area (Å²) in [5.74, 6) is 0.359. The Morgan fingerprint density at radius 3 is 2.70 bits per heavy atom. The summed E-state index contributed by atoms with van der Waals surface area (Å²) in [6.45, 7) is 2.64. The second-order valence-electron chi connectivity index (χ2n) is 6.58. The molecule has 3 rings (SSSR count). The maximum atomic E-state index is 12.8. The first-order valence-electron chi connectivity index (χ1n) is 9.01. The zero-order valence-corrected chi connectivity index (χ0v) is 15.6. The third kappa shape index (κ3) is 4.58. The van der Waals surface area contributed by atoms with E-state index in [1.54, 1.807) is 7.11 Å². The molecule has 6 nitrogen and oxygen atoms in total. The fourth-order valence-corrected chi connectivity index (χ4v) is 3.20. The maximum absolute atomic E-state index is 12.8. The van der Waals surface area contributed by atoms with Crippen molar-refractivity contribution >= 4 is 17.7 Å². The number of amides is 2. The molecule has 6 heteroatoms. The number of anilines is 1. The van der Waals surface area contributed by atoms with Gasteiger partial charge in [0.05, 0.1) is 12.8 Å². The van der Waals surface area contributed by atoms with E-state index in [1.165, 1.54) is 4.90 Å². The first-order valence-corrected chi connectivity index (χ1v) is 9.01. The van der Waals surface area contributed by atoms with Crippen LogP contribution < -0.4 is 10.1 Å². The molecule has 142 valence electrons. The topological polar surface area (TPSA) is 67.9 Å². The van der Waals surface area contributed by atoms with E-state index >= 15 is 0 Å². The van der Waals surface area contributed by atoms with Crippen LogP contribution >= 0.6 is 0 Å². The van der Waals surface area contributed by atoms with Crippen LogP contribution in [0.1, 0.15) is 24.0 Å². The summed E-state index contributed by atoms with van der Waals surface area (Å²) in [5, 5.41) is 2.89. The van der Waals surface area contributed by atoms with Crippen LogP contribution in [0.15, 0.2) is 48.5 Å². The Kier molecular flexibility index (Phi) is 5.96. The van der Waals surface area contributed by atoms with Gasteiger partial charge in [-0.05, 0) is 43.0 Å². The van der Waals surface area contributed by atoms with Gasteiger partial charge >= 0.3 is 6.09 Å². The van der Waals surface area contributed by atoms with Crippen molar-refractivity contribution < 1.29 is 19.1 Å². The van der Waals surface area contributed by atoms with Crippen molar-refractivity contribution in [3.05, 3.63) is 59.7 Å². The van der Waals surface area contributed by atoms with E-state index in [9.17, 15) is 9.59 Å². The molecule has 27 heavy (non-hydrogen) atoms. The van der Waals surface area contributed by atoms with Crippen LogP contribution in [0.5, 0.6) is 5.75 Å². The van der Waals surface area contributed by atoms with Crippen molar-refractivity contribution in [1.29, 1.82) is 0 Å². The van der Waals surface area contributed by atoms with Crippen LogP contribution in [-0.2, 0) is 16.1 Å². The van der Waals surface area contributed by atoms with Crippen LogP contribution in [0.4, 0.5) is 10.5 Å². The highest BCUT2D eigenvalue weighted by molar-refractivity contribution is 5.98. The third-order valence-electron chi connectivity index (χ3n) is 4.61. The Hall–Kier alpha value is -3.02. The minimum Gasteiger partial charge on any atom is -0.495 e. The van der Waals surface area contributed by atoms with E-state index in [4.69, 9.17) is 9.47 Å². The summed E-state index contributed by atoms with van der Waals surface area (Å²) < 4.78 is 10.7. The minimum atomic E-state index is -0.543. The second-order valence-corrected chi connectivity index (χ2v) is 6.58. The van der Waals surface area contributed by atoms with Crippen molar-refractivity contribution in [3.63, 3.8) is 0 Å². The van der Waals surface area contributed by atoms with E-state index in [-0.39, 0.29) is 12.5 Å². The number of aryl methyl sites for hydroxylation is 1. The molecule has 1 atom stereocenters. The summed E-state index contributed by atoms with van der Waals surface area (Å²) in [6.07, 6.45) is 0.914. The molecule has 1 fully saturated rings. The van der Waals surface area contributed by atoms with Crippen molar-refractivity contribution in [2.24, 2.45) is 0 Å². The van der Waals surface area contributed by atoms with Gasteiger partial charge in [0.1, 0.15) is 18.4 Å². The van der Waals surface area contributed by atoms with Crippen molar-refractivity contribution in [2.75, 3.05) is 19.0 Å². The molecule has 1 saturated heterocycles. The van der Waals surface area contributed by atoms with E-state index in [1.807, 2.05) is 55.5 Å². The van der Waals surface area contributed by atoms with E-state index in [0.29, 0.717) is 24.4 Å². The standard InChI is InChI=1S/C21H24N2O4/c1-15-10-11-19(26-2)17(13-15)22-20(24)18-9-6-12-23(18)21(25)27-14-16-7-4-3-5-8-16/h3-5,7-8,10-11,13,18H,6,9,12,14H2,1-2H3,(H,22,24)/t18-/m1/s1. The van der Waals surface area contributed by atoms with E-state index < -0.39 is 12.1 Å². The fraction of sp³-hybridized carbons (Fsp3) is 0.333. The third-order valence-corrected chi connectivity index (χ3v) is 4.61. The van der Waals surface area contributed by atoms with Gasteiger partial charge in [0, 0.05) is 6.54 Å². The van der Waals surface area contributed by atoms with Crippen LogP contribution in [0.25, 0.3) is 0 Å². The largest absolute Gasteiger partial charge is 0.495 e. The first kappa shape index (κ1) is 18.8. The summed E-state index contributed by atoms with van der Waals surface area (Å²) >= 11 is 0. The number of hydrogen-bond acceptors (Lipinski definition) is 4. The number of carbonyl (C=O) groups excluding carboxylic acids is 2. The lowest BCUT2D eigenvalue weighted by Crippen LogP contribution is -2.43. The molecule has 0 radical (unpaired) electrons. The molecule has 2 aromatic carbocycles. The summed E-state index contributed by atoms with van der Waals surface area (Å²) in [6, 6.07) is 14.5. The molecular formula is C21H24N2O4. The average molecular weight is 368 g/mol. The number of hydrogen-bond donors (Lipinski definition) is 1. The van der Waals surface area contributed by atoms with E-state index in [2.05, 4.69) is 5.32 Å². The quantitative estimate of drug-likeness (QED) is 0.873. The predicted octanol–water partition coefficient (Wildman–Crippen LogP) is 3.74. The van der Waals surface area contributed by atoms with Crippen LogP contribution in [0, 0.1) is 6.92 Å². The van der Waals surface area contributed by atoms with Crippen LogP contribution in [0.2, 0.25) is 0 Å². The van der Waals surface area contributed by atoms with Crippen molar-refractivity contribution in [3.8, 4) is 5.75 Å². The Bertz CT molecular complexity index is 807. The monoisotopic (exact) mass is 368 g/mol. The zero-order chi connectivity index (χ0) is 19.2. The molecule has 1 heterocycles. The van der Waals surface area contributed by atoms with Gasteiger partial charge in [0.15, 0.2) is 0 Å². The molecule has 1 N–H and O–H groups in total. The number of carbonyl (C=O) groups is 2. The SMILES string of the molecule is COc1ccc(C)cc1NC(=O)[C@H]1CCCN1C(=O)OCc1ccccc1. The maximum Gasteiger partial charge on any atom is 0.410 e. The predicted molar refractivity (Wildman–Crippen MR) is 103 cm³/mol. The lowest BCUT2D eigenvalue weighted by atomic mass is 10.1. The Morgan fingerprint density at radius 2 is 1.96 bits per heavy atom. The van der Waals surface area contributed by atoms with Gasteiger partial charge in [-0.2, -0.15) is 0 Å². The number of rotatable bonds is 5. The number of benzene rings is 2. The van der Waals surface area contributed by atoms with E-state index in [0.717, 1.165) is 17.5 Å². The van der Waals surface area contributed by atoms with Gasteiger partial charge in [-0.25, -0.2) is 4.79 Å². The summed E-state index contributed by atoms with van der Waals surface area (Å²) in [5.41, 5.74) is 2.53. The van der Waals surface area contributed by atoms with Gasteiger partial charge in [0.2, 0.25) is 5.91 Å². The molecule has 0 spiro atoms.